The molecule has 4 rings (SSSR count). The van der Waals surface area contributed by atoms with E-state index in [1.807, 2.05) is 66.7 Å². The minimum absolute atomic E-state index is 0.185. The number of carbonyl (C=O) groups excluding carboxylic acids is 1. The highest BCUT2D eigenvalue weighted by molar-refractivity contribution is 8.26. The van der Waals surface area contributed by atoms with Crippen molar-refractivity contribution in [2.45, 2.75) is 6.61 Å². The predicted octanol–water partition coefficient (Wildman–Crippen LogP) is 5.56. The van der Waals surface area contributed by atoms with Gasteiger partial charge in [0.05, 0.1) is 4.91 Å². The highest BCUT2D eigenvalue weighted by atomic mass is 35.5. The first kappa shape index (κ1) is 18.0. The molecule has 3 aromatic rings. The third kappa shape index (κ3) is 3.86. The van der Waals surface area contributed by atoms with Gasteiger partial charge in [0.15, 0.2) is 0 Å². The van der Waals surface area contributed by atoms with E-state index in [1.54, 1.807) is 0 Å². The SMILES string of the molecule is O=C1NC(=S)S/C1=C\c1c(OCc2ccccc2Cl)ccc2ccccc12. The van der Waals surface area contributed by atoms with Crippen LogP contribution >= 0.6 is 35.6 Å². The first-order valence-corrected chi connectivity index (χ1v) is 9.85. The van der Waals surface area contributed by atoms with Crippen molar-refractivity contribution in [1.29, 1.82) is 0 Å². The smallest absolute Gasteiger partial charge is 0.263 e. The van der Waals surface area contributed by atoms with Crippen molar-refractivity contribution >= 4 is 62.7 Å². The zero-order valence-corrected chi connectivity index (χ0v) is 16.5. The van der Waals surface area contributed by atoms with E-state index < -0.39 is 0 Å². The second-order valence-electron chi connectivity index (χ2n) is 5.93. The van der Waals surface area contributed by atoms with Crippen LogP contribution in [0.1, 0.15) is 11.1 Å². The molecule has 0 bridgehead atoms. The molecule has 1 aliphatic heterocycles. The van der Waals surface area contributed by atoms with Crippen LogP contribution < -0.4 is 10.1 Å². The fraction of sp³-hybridized carbons (Fsp3) is 0.0476. The van der Waals surface area contributed by atoms with E-state index in [1.165, 1.54) is 11.8 Å². The molecule has 0 unspecified atom stereocenters. The van der Waals surface area contributed by atoms with Gasteiger partial charge in [0.25, 0.3) is 5.91 Å². The van der Waals surface area contributed by atoms with Crippen molar-refractivity contribution < 1.29 is 9.53 Å². The Bertz CT molecular complexity index is 1090. The molecule has 0 aromatic heterocycles. The van der Waals surface area contributed by atoms with Gasteiger partial charge in [0.2, 0.25) is 0 Å². The molecule has 3 aromatic carbocycles. The lowest BCUT2D eigenvalue weighted by atomic mass is 10.0. The van der Waals surface area contributed by atoms with E-state index in [0.717, 1.165) is 21.9 Å². The molecule has 1 heterocycles. The molecule has 27 heavy (non-hydrogen) atoms. The Labute approximate surface area is 171 Å². The molecule has 134 valence electrons. The number of hydrogen-bond donors (Lipinski definition) is 1. The monoisotopic (exact) mass is 411 g/mol. The lowest BCUT2D eigenvalue weighted by Crippen LogP contribution is -2.17. The van der Waals surface area contributed by atoms with Gasteiger partial charge in [-0.05, 0) is 29.0 Å². The molecule has 0 atom stereocenters. The maximum Gasteiger partial charge on any atom is 0.263 e. The number of carbonyl (C=O) groups is 1. The third-order valence-corrected chi connectivity index (χ3v) is 5.72. The molecule has 1 fully saturated rings. The predicted molar refractivity (Wildman–Crippen MR) is 116 cm³/mol. The lowest BCUT2D eigenvalue weighted by molar-refractivity contribution is -0.115. The molecule has 1 amide bonds. The van der Waals surface area contributed by atoms with Crippen LogP contribution in [0.3, 0.4) is 0 Å². The number of nitrogens with one attached hydrogen (secondary N) is 1. The Morgan fingerprint density at radius 1 is 1.07 bits per heavy atom. The van der Waals surface area contributed by atoms with Gasteiger partial charge in [-0.3, -0.25) is 4.79 Å². The van der Waals surface area contributed by atoms with Gasteiger partial charge in [-0.1, -0.05) is 84.1 Å². The minimum atomic E-state index is -0.185. The van der Waals surface area contributed by atoms with Crippen molar-refractivity contribution in [1.82, 2.24) is 5.32 Å². The average molecular weight is 412 g/mol. The fourth-order valence-corrected chi connectivity index (χ4v) is 4.09. The number of fused-ring (bicyclic) bond motifs is 1. The largest absolute Gasteiger partial charge is 0.488 e. The Morgan fingerprint density at radius 2 is 1.85 bits per heavy atom. The van der Waals surface area contributed by atoms with Crippen molar-refractivity contribution in [3.63, 3.8) is 0 Å². The highest BCUT2D eigenvalue weighted by Gasteiger charge is 2.23. The van der Waals surface area contributed by atoms with Crippen molar-refractivity contribution in [3.8, 4) is 5.75 Å². The molecule has 1 saturated heterocycles. The Balaban J connectivity index is 1.76. The van der Waals surface area contributed by atoms with E-state index in [9.17, 15) is 4.79 Å². The first-order chi connectivity index (χ1) is 13.1. The second-order valence-corrected chi connectivity index (χ2v) is 8.06. The summed E-state index contributed by atoms with van der Waals surface area (Å²) in [7, 11) is 0. The summed E-state index contributed by atoms with van der Waals surface area (Å²) >= 11 is 12.6. The van der Waals surface area contributed by atoms with Crippen molar-refractivity contribution in [2.75, 3.05) is 0 Å². The van der Waals surface area contributed by atoms with Crippen molar-refractivity contribution in [3.05, 3.63) is 81.7 Å². The quantitative estimate of drug-likeness (QED) is 0.450. The van der Waals surface area contributed by atoms with E-state index >= 15 is 0 Å². The van der Waals surface area contributed by atoms with Crippen LogP contribution in [0.2, 0.25) is 5.02 Å². The summed E-state index contributed by atoms with van der Waals surface area (Å²) in [6.45, 7) is 0.339. The van der Waals surface area contributed by atoms with Crippen LogP contribution in [0.25, 0.3) is 16.8 Å². The van der Waals surface area contributed by atoms with Gasteiger partial charge in [-0.15, -0.1) is 0 Å². The van der Waals surface area contributed by atoms with Crippen LogP contribution in [0.4, 0.5) is 0 Å². The topological polar surface area (TPSA) is 38.3 Å². The van der Waals surface area contributed by atoms with Gasteiger partial charge < -0.3 is 10.1 Å². The van der Waals surface area contributed by atoms with Crippen LogP contribution in [-0.4, -0.2) is 10.2 Å². The Morgan fingerprint density at radius 3 is 2.63 bits per heavy atom. The van der Waals surface area contributed by atoms with E-state index in [-0.39, 0.29) is 5.91 Å². The van der Waals surface area contributed by atoms with Gasteiger partial charge in [0.1, 0.15) is 16.7 Å². The molecule has 1 aliphatic rings. The van der Waals surface area contributed by atoms with E-state index in [0.29, 0.717) is 26.6 Å². The molecule has 3 nitrogen and oxygen atoms in total. The number of amides is 1. The number of thioether (sulfide) groups is 1. The lowest BCUT2D eigenvalue weighted by Gasteiger charge is -2.13. The number of rotatable bonds is 4. The maximum absolute atomic E-state index is 12.1. The van der Waals surface area contributed by atoms with Crippen molar-refractivity contribution in [2.24, 2.45) is 0 Å². The van der Waals surface area contributed by atoms with Gasteiger partial charge in [0, 0.05) is 16.1 Å². The maximum atomic E-state index is 12.1. The molecule has 0 aliphatic carbocycles. The Hall–Kier alpha value is -2.34. The second kappa shape index (κ2) is 7.72. The number of thiocarbonyl (C=S) groups is 1. The van der Waals surface area contributed by atoms with E-state index in [4.69, 9.17) is 28.6 Å². The highest BCUT2D eigenvalue weighted by Crippen LogP contribution is 2.34. The van der Waals surface area contributed by atoms with Gasteiger partial charge in [-0.25, -0.2) is 0 Å². The van der Waals surface area contributed by atoms with Gasteiger partial charge >= 0.3 is 0 Å². The summed E-state index contributed by atoms with van der Waals surface area (Å²) in [5.74, 6) is 0.502. The van der Waals surface area contributed by atoms with E-state index in [2.05, 4.69) is 5.32 Å². The first-order valence-electron chi connectivity index (χ1n) is 8.24. The Kier molecular flexibility index (Phi) is 5.16. The van der Waals surface area contributed by atoms with Crippen LogP contribution in [0.15, 0.2) is 65.6 Å². The molecular formula is C21H14ClNO2S2. The normalized spacial score (nSPS) is 15.4. The molecular weight excluding hydrogens is 398 g/mol. The van der Waals surface area contributed by atoms with Crippen LogP contribution in [0, 0.1) is 0 Å². The summed E-state index contributed by atoms with van der Waals surface area (Å²) in [4.78, 5) is 12.7. The van der Waals surface area contributed by atoms with Crippen LogP contribution in [-0.2, 0) is 11.4 Å². The molecule has 1 N–H and O–H groups in total. The average Bonchev–Trinajstić information content (AvgIpc) is 2.99. The zero-order valence-electron chi connectivity index (χ0n) is 14.1. The summed E-state index contributed by atoms with van der Waals surface area (Å²) in [5.41, 5.74) is 1.75. The molecule has 0 spiro atoms. The fourth-order valence-electron chi connectivity index (χ4n) is 2.87. The molecule has 6 heteroatoms. The number of hydrogen-bond acceptors (Lipinski definition) is 4. The number of halogens is 1. The summed E-state index contributed by atoms with van der Waals surface area (Å²) in [5, 5.41) is 5.39. The summed E-state index contributed by atoms with van der Waals surface area (Å²) < 4.78 is 6.54. The molecule has 0 saturated carbocycles. The summed E-state index contributed by atoms with van der Waals surface area (Å²) in [6.07, 6.45) is 1.84. The minimum Gasteiger partial charge on any atom is -0.488 e. The standard InChI is InChI=1S/C21H14ClNO2S2/c22-17-8-4-2-6-14(17)12-25-18-10-9-13-5-1-3-7-15(13)16(18)11-19-20(24)23-21(26)27-19/h1-11H,12H2,(H,23,24,26)/b19-11-. The zero-order chi connectivity index (χ0) is 18.8. The number of ether oxygens (including phenoxy) is 1. The van der Waals surface area contributed by atoms with Gasteiger partial charge in [-0.2, -0.15) is 0 Å². The summed E-state index contributed by atoms with van der Waals surface area (Å²) in [6, 6.07) is 19.5. The third-order valence-electron chi connectivity index (χ3n) is 4.19. The molecule has 0 radical (unpaired) electrons. The number of benzene rings is 3. The van der Waals surface area contributed by atoms with Crippen LogP contribution in [0.5, 0.6) is 5.75 Å².